The molecule has 0 rings (SSSR count). The summed E-state index contributed by atoms with van der Waals surface area (Å²) in [6.45, 7) is 4.44. The number of aliphatic hydroxyl groups is 1. The fourth-order valence-corrected chi connectivity index (χ4v) is 8.46. The van der Waals surface area contributed by atoms with E-state index in [0.717, 1.165) is 122 Å². The van der Waals surface area contributed by atoms with Crippen molar-refractivity contribution in [2.45, 2.75) is 264 Å². The molecule has 0 aliphatic heterocycles. The van der Waals surface area contributed by atoms with E-state index >= 15 is 0 Å². The highest BCUT2D eigenvalue weighted by atomic mass is 31.2. The Morgan fingerprint density at radius 2 is 0.736 bits per heavy atom. The molecule has 12 heteroatoms. The summed E-state index contributed by atoms with van der Waals surface area (Å²) in [5.74, 6) is -1.50. The van der Waals surface area contributed by atoms with Crippen molar-refractivity contribution in [3.63, 3.8) is 0 Å². The lowest BCUT2D eigenvalue weighted by Gasteiger charge is -2.21. The maximum absolute atomic E-state index is 12.9. The van der Waals surface area contributed by atoms with Gasteiger partial charge in [0.05, 0.1) is 19.8 Å². The molecule has 0 fully saturated rings. The van der Waals surface area contributed by atoms with E-state index in [2.05, 4.69) is 93.7 Å². The van der Waals surface area contributed by atoms with Gasteiger partial charge in [0.1, 0.15) is 12.7 Å². The number of hydrogen-bond acceptors (Lipinski definition) is 10. The van der Waals surface area contributed by atoms with Gasteiger partial charge in [-0.1, -0.05) is 203 Å². The zero-order valence-corrected chi connectivity index (χ0v) is 46.8. The molecule has 0 aromatic carbocycles. The molecule has 3 unspecified atom stereocenters. The molecule has 0 saturated carbocycles. The fourth-order valence-electron chi connectivity index (χ4n) is 7.68. The molecule has 0 aromatic heterocycles. The minimum atomic E-state index is -4.75. The number of rotatable bonds is 53. The van der Waals surface area contributed by atoms with Crippen LogP contribution in [0.3, 0.4) is 0 Å². The van der Waals surface area contributed by atoms with E-state index in [-0.39, 0.29) is 25.9 Å². The number of ether oxygens (including phenoxy) is 3. The maximum Gasteiger partial charge on any atom is 0.472 e. The average molecular weight is 1030 g/mol. The third-order valence-electron chi connectivity index (χ3n) is 12.1. The van der Waals surface area contributed by atoms with E-state index in [1.165, 1.54) is 70.6 Å². The van der Waals surface area contributed by atoms with Crippen molar-refractivity contribution in [2.24, 2.45) is 0 Å². The monoisotopic (exact) mass is 1030 g/mol. The highest BCUT2D eigenvalue weighted by Crippen LogP contribution is 2.43. The lowest BCUT2D eigenvalue weighted by Crippen LogP contribution is -2.30. The number of phosphoric acid groups is 1. The predicted octanol–water partition coefficient (Wildman–Crippen LogP) is 16.9. The molecule has 0 aromatic rings. The molecule has 0 radical (unpaired) electrons. The highest BCUT2D eigenvalue weighted by molar-refractivity contribution is 7.47. The molecule has 0 aliphatic carbocycles. The Kier molecular flexibility index (Phi) is 51.9. The van der Waals surface area contributed by atoms with Crippen molar-refractivity contribution in [1.82, 2.24) is 0 Å². The van der Waals surface area contributed by atoms with Crippen LogP contribution in [0, 0.1) is 0 Å². The van der Waals surface area contributed by atoms with E-state index < -0.39 is 57.8 Å². The molecule has 11 nitrogen and oxygen atoms in total. The minimum absolute atomic E-state index is 0.157. The Hall–Kier alpha value is -3.08. The van der Waals surface area contributed by atoms with Gasteiger partial charge < -0.3 is 24.2 Å². The Balaban J connectivity index is 4.75. The highest BCUT2D eigenvalue weighted by Gasteiger charge is 2.28. The zero-order valence-electron chi connectivity index (χ0n) is 45.9. The first-order valence-electron chi connectivity index (χ1n) is 28.8. The molecule has 0 spiro atoms. The van der Waals surface area contributed by atoms with Crippen molar-refractivity contribution < 1.29 is 52.2 Å². The fraction of sp³-hybridized carbons (Fsp3) is 0.750. The van der Waals surface area contributed by atoms with Crippen LogP contribution in [-0.4, -0.2) is 66.5 Å². The van der Waals surface area contributed by atoms with Crippen LogP contribution >= 0.6 is 7.82 Å². The quantitative estimate of drug-likeness (QED) is 0.0197. The van der Waals surface area contributed by atoms with Gasteiger partial charge in [0.15, 0.2) is 6.10 Å². The molecule has 72 heavy (non-hydrogen) atoms. The van der Waals surface area contributed by atoms with Crippen LogP contribution in [-0.2, 0) is 42.2 Å². The van der Waals surface area contributed by atoms with Gasteiger partial charge >= 0.3 is 25.7 Å². The SMILES string of the molecule is CC/C=C\C/C=C\C/C=C\CCCCCCCC(=O)OCC(COP(=O)(O)OCC(CO)OC(=O)CCCCCCC/C=C\CCCC)OC(=O)CCCCCCCCCCC/C=C\C/C=C\CCCCC. The normalized spacial score (nSPS) is 13.9. The van der Waals surface area contributed by atoms with Crippen molar-refractivity contribution in [3.8, 4) is 0 Å². The van der Waals surface area contributed by atoms with Gasteiger partial charge in [0.25, 0.3) is 0 Å². The molecular weight excluding hydrogens is 928 g/mol. The lowest BCUT2D eigenvalue weighted by molar-refractivity contribution is -0.161. The van der Waals surface area contributed by atoms with Crippen molar-refractivity contribution in [1.29, 1.82) is 0 Å². The number of carbonyl (C=O) groups is 3. The topological polar surface area (TPSA) is 155 Å². The van der Waals surface area contributed by atoms with E-state index in [1.807, 2.05) is 0 Å². The summed E-state index contributed by atoms with van der Waals surface area (Å²) in [6, 6.07) is 0. The second-order valence-corrected chi connectivity index (χ2v) is 20.5. The first-order chi connectivity index (χ1) is 35.2. The van der Waals surface area contributed by atoms with Crippen molar-refractivity contribution in [3.05, 3.63) is 72.9 Å². The van der Waals surface area contributed by atoms with E-state index in [4.69, 9.17) is 23.3 Å². The first kappa shape index (κ1) is 68.9. The summed E-state index contributed by atoms with van der Waals surface area (Å²) in [5.41, 5.74) is 0. The van der Waals surface area contributed by atoms with Gasteiger partial charge in [-0.15, -0.1) is 0 Å². The smallest absolute Gasteiger partial charge is 0.462 e. The summed E-state index contributed by atoms with van der Waals surface area (Å²) in [5, 5.41) is 9.79. The van der Waals surface area contributed by atoms with Gasteiger partial charge in [-0.2, -0.15) is 0 Å². The lowest BCUT2D eigenvalue weighted by atomic mass is 10.1. The maximum atomic E-state index is 12.9. The Bertz CT molecular complexity index is 1490. The second-order valence-electron chi connectivity index (χ2n) is 19.1. The number of allylic oxidation sites excluding steroid dienone is 12. The van der Waals surface area contributed by atoms with Gasteiger partial charge in [-0.3, -0.25) is 23.4 Å². The number of aliphatic hydroxyl groups excluding tert-OH is 1. The van der Waals surface area contributed by atoms with Gasteiger partial charge in [0, 0.05) is 19.3 Å². The summed E-state index contributed by atoms with van der Waals surface area (Å²) in [4.78, 5) is 48.5. The number of phosphoric ester groups is 1. The third kappa shape index (κ3) is 51.8. The summed E-state index contributed by atoms with van der Waals surface area (Å²) in [6.07, 6.45) is 60.0. The second kappa shape index (κ2) is 54.2. The van der Waals surface area contributed by atoms with Crippen LogP contribution in [0.15, 0.2) is 72.9 Å². The molecule has 416 valence electrons. The van der Waals surface area contributed by atoms with Gasteiger partial charge in [0.2, 0.25) is 0 Å². The molecular formula is C60H105O11P. The van der Waals surface area contributed by atoms with Gasteiger partial charge in [-0.25, -0.2) is 4.57 Å². The molecule has 2 N–H and O–H groups in total. The van der Waals surface area contributed by atoms with E-state index in [1.54, 1.807) is 0 Å². The molecule has 0 bridgehead atoms. The zero-order chi connectivity index (χ0) is 52.7. The number of unbranched alkanes of at least 4 members (excludes halogenated alkanes) is 24. The summed E-state index contributed by atoms with van der Waals surface area (Å²) >= 11 is 0. The Morgan fingerprint density at radius 1 is 0.403 bits per heavy atom. The number of hydrogen-bond donors (Lipinski definition) is 2. The van der Waals surface area contributed by atoms with Crippen LogP contribution < -0.4 is 0 Å². The third-order valence-corrected chi connectivity index (χ3v) is 13.0. The average Bonchev–Trinajstić information content (AvgIpc) is 3.37. The van der Waals surface area contributed by atoms with Crippen molar-refractivity contribution >= 4 is 25.7 Å². The Labute approximate surface area is 439 Å². The van der Waals surface area contributed by atoms with Crippen molar-refractivity contribution in [2.75, 3.05) is 26.4 Å². The molecule has 0 aliphatic rings. The summed E-state index contributed by atoms with van der Waals surface area (Å²) in [7, 11) is -4.75. The van der Waals surface area contributed by atoms with Crippen LogP contribution in [0.1, 0.15) is 252 Å². The number of esters is 3. The molecule has 0 amide bonds. The molecule has 3 atom stereocenters. The van der Waals surface area contributed by atoms with Crippen LogP contribution in [0.4, 0.5) is 0 Å². The number of carbonyl (C=O) groups excluding carboxylic acids is 3. The molecule has 0 saturated heterocycles. The first-order valence-corrected chi connectivity index (χ1v) is 30.3. The summed E-state index contributed by atoms with van der Waals surface area (Å²) < 4.78 is 39.5. The minimum Gasteiger partial charge on any atom is -0.462 e. The largest absolute Gasteiger partial charge is 0.472 e. The van der Waals surface area contributed by atoms with Crippen LogP contribution in [0.25, 0.3) is 0 Å². The predicted molar refractivity (Wildman–Crippen MR) is 298 cm³/mol. The van der Waals surface area contributed by atoms with E-state index in [0.29, 0.717) is 19.3 Å². The van der Waals surface area contributed by atoms with Crippen LogP contribution in [0.5, 0.6) is 0 Å². The molecule has 0 heterocycles. The van der Waals surface area contributed by atoms with E-state index in [9.17, 15) is 28.9 Å². The standard InChI is InChI=1S/C60H105O11P/c1-4-7-10-13-16-19-22-24-26-27-28-29-31-33-36-39-42-45-48-51-60(64)71-57(53-67-58(62)49-46-43-40-37-35-32-30-25-23-20-17-14-11-8-5-2)55-69-72(65,66)68-54-56(52-61)70-59(63)50-47-44-41-38-34-21-18-15-12-9-6-3/h8,11,15-20,24-26,30,56-57,61H,4-7,9-10,12-14,21-23,27-29,31-55H2,1-3H3,(H,65,66)/b11-8-,18-15-,19-16-,20-17-,26-24-,30-25-. The van der Waals surface area contributed by atoms with Gasteiger partial charge in [-0.05, 0) is 103 Å². The Morgan fingerprint density at radius 3 is 1.17 bits per heavy atom. The van der Waals surface area contributed by atoms with Crippen LogP contribution in [0.2, 0.25) is 0 Å².